The van der Waals surface area contributed by atoms with E-state index in [1.54, 1.807) is 12.1 Å². The normalized spacial score (nSPS) is 27.2. The van der Waals surface area contributed by atoms with Crippen molar-refractivity contribution in [3.63, 3.8) is 0 Å². The van der Waals surface area contributed by atoms with Gasteiger partial charge in [0.25, 0.3) is 0 Å². The number of hydrogen-bond donors (Lipinski definition) is 2. The fourth-order valence-electron chi connectivity index (χ4n) is 2.68. The van der Waals surface area contributed by atoms with Crippen LogP contribution in [0.4, 0.5) is 17.6 Å². The van der Waals surface area contributed by atoms with Gasteiger partial charge in [0.05, 0.1) is 0 Å². The highest BCUT2D eigenvalue weighted by molar-refractivity contribution is 5.29. The van der Waals surface area contributed by atoms with E-state index in [9.17, 15) is 17.6 Å². The van der Waals surface area contributed by atoms with Gasteiger partial charge in [-0.05, 0) is 48.2 Å². The van der Waals surface area contributed by atoms with Crippen molar-refractivity contribution in [1.82, 2.24) is 0 Å². The second kappa shape index (κ2) is 6.53. The standard InChI is InChI=1S/2C9H9F2N/c2*10-7-2-1-5(3-8(7)11)6-4-9(6)12/h2*1-3,6,9H,4,12H2/t2*6-,9-/m10/s1. The van der Waals surface area contributed by atoms with Gasteiger partial charge in [-0.3, -0.25) is 0 Å². The van der Waals surface area contributed by atoms with Crippen molar-refractivity contribution >= 4 is 0 Å². The van der Waals surface area contributed by atoms with E-state index in [1.807, 2.05) is 0 Å². The lowest BCUT2D eigenvalue weighted by Gasteiger charge is -1.98. The highest BCUT2D eigenvalue weighted by Gasteiger charge is 2.35. The van der Waals surface area contributed by atoms with E-state index in [1.165, 1.54) is 12.1 Å². The van der Waals surface area contributed by atoms with Crippen LogP contribution in [-0.2, 0) is 0 Å². The predicted molar refractivity (Wildman–Crippen MR) is 83.4 cm³/mol. The number of hydrogen-bond acceptors (Lipinski definition) is 2. The maximum absolute atomic E-state index is 12.7. The summed E-state index contributed by atoms with van der Waals surface area (Å²) in [6.45, 7) is 0. The minimum absolute atomic E-state index is 0.134. The predicted octanol–water partition coefficient (Wildman–Crippen LogP) is 3.56. The first-order valence-corrected chi connectivity index (χ1v) is 7.78. The fraction of sp³-hybridized carbons (Fsp3) is 0.333. The lowest BCUT2D eigenvalue weighted by molar-refractivity contribution is 0.507. The van der Waals surface area contributed by atoms with Crippen LogP contribution in [0.2, 0.25) is 0 Å². The van der Waals surface area contributed by atoms with Crippen molar-refractivity contribution in [3.05, 3.63) is 70.8 Å². The molecule has 2 fully saturated rings. The van der Waals surface area contributed by atoms with Gasteiger partial charge in [0.1, 0.15) is 0 Å². The molecule has 4 rings (SSSR count). The largest absolute Gasteiger partial charge is 0.327 e. The average Bonchev–Trinajstić information content (AvgIpc) is 3.44. The molecule has 2 nitrogen and oxygen atoms in total. The van der Waals surface area contributed by atoms with E-state index in [-0.39, 0.29) is 23.9 Å². The minimum atomic E-state index is -0.798. The summed E-state index contributed by atoms with van der Waals surface area (Å²) >= 11 is 0. The molecule has 0 saturated heterocycles. The number of nitrogens with two attached hydrogens (primary N) is 2. The van der Waals surface area contributed by atoms with E-state index < -0.39 is 23.3 Å². The van der Waals surface area contributed by atoms with Gasteiger partial charge in [-0.25, -0.2) is 17.6 Å². The molecule has 2 aliphatic carbocycles. The summed E-state index contributed by atoms with van der Waals surface area (Å²) in [5.74, 6) is -2.70. The van der Waals surface area contributed by atoms with Crippen molar-refractivity contribution in [2.45, 2.75) is 36.8 Å². The Balaban J connectivity index is 0.000000141. The Labute approximate surface area is 137 Å². The molecule has 0 radical (unpaired) electrons. The minimum Gasteiger partial charge on any atom is -0.327 e. The highest BCUT2D eigenvalue weighted by atomic mass is 19.2. The fourth-order valence-corrected chi connectivity index (χ4v) is 2.68. The third kappa shape index (κ3) is 3.76. The van der Waals surface area contributed by atoms with E-state index in [0.29, 0.717) is 0 Å². The molecule has 4 atom stereocenters. The Morgan fingerprint density at radius 1 is 0.625 bits per heavy atom. The molecule has 2 aromatic rings. The third-order valence-electron chi connectivity index (χ3n) is 4.42. The Morgan fingerprint density at radius 2 is 0.958 bits per heavy atom. The first-order valence-electron chi connectivity index (χ1n) is 7.78. The van der Waals surface area contributed by atoms with E-state index in [2.05, 4.69) is 0 Å². The molecule has 0 spiro atoms. The van der Waals surface area contributed by atoms with E-state index in [0.717, 1.165) is 36.1 Å². The van der Waals surface area contributed by atoms with Gasteiger partial charge in [0, 0.05) is 23.9 Å². The molecular weight excluding hydrogens is 320 g/mol. The van der Waals surface area contributed by atoms with Gasteiger partial charge in [-0.1, -0.05) is 12.1 Å². The molecule has 0 aliphatic heterocycles. The Morgan fingerprint density at radius 3 is 1.21 bits per heavy atom. The zero-order chi connectivity index (χ0) is 17.4. The van der Waals surface area contributed by atoms with Crippen molar-refractivity contribution in [2.24, 2.45) is 11.5 Å². The van der Waals surface area contributed by atoms with Crippen molar-refractivity contribution in [3.8, 4) is 0 Å². The van der Waals surface area contributed by atoms with Gasteiger partial charge in [-0.15, -0.1) is 0 Å². The quantitative estimate of drug-likeness (QED) is 0.823. The summed E-state index contributed by atoms with van der Waals surface area (Å²) in [7, 11) is 0. The first kappa shape index (κ1) is 16.9. The molecule has 2 aliphatic rings. The lowest BCUT2D eigenvalue weighted by Crippen LogP contribution is -2.01. The second-order valence-corrected chi connectivity index (χ2v) is 6.36. The highest BCUT2D eigenvalue weighted by Crippen LogP contribution is 2.39. The van der Waals surface area contributed by atoms with Crippen molar-refractivity contribution in [2.75, 3.05) is 0 Å². The Bertz CT molecular complexity index is 686. The molecule has 2 aromatic carbocycles. The van der Waals surface area contributed by atoms with Crippen molar-refractivity contribution in [1.29, 1.82) is 0 Å². The maximum Gasteiger partial charge on any atom is 0.159 e. The van der Waals surface area contributed by atoms with Gasteiger partial charge in [0.15, 0.2) is 23.3 Å². The molecule has 4 N–H and O–H groups in total. The van der Waals surface area contributed by atoms with Crippen LogP contribution in [0, 0.1) is 23.3 Å². The van der Waals surface area contributed by atoms with Crippen LogP contribution < -0.4 is 11.5 Å². The van der Waals surface area contributed by atoms with Crippen LogP contribution in [0.1, 0.15) is 35.8 Å². The Kier molecular flexibility index (Phi) is 4.60. The third-order valence-corrected chi connectivity index (χ3v) is 4.42. The van der Waals surface area contributed by atoms with Crippen molar-refractivity contribution < 1.29 is 17.6 Å². The molecule has 24 heavy (non-hydrogen) atoms. The molecule has 6 heteroatoms. The van der Waals surface area contributed by atoms with Crippen LogP contribution in [0.3, 0.4) is 0 Å². The van der Waals surface area contributed by atoms with Crippen LogP contribution in [0.25, 0.3) is 0 Å². The van der Waals surface area contributed by atoms with Crippen LogP contribution in [0.15, 0.2) is 36.4 Å². The molecule has 0 heterocycles. The summed E-state index contributed by atoms with van der Waals surface area (Å²) in [6.07, 6.45) is 1.76. The van der Waals surface area contributed by atoms with Gasteiger partial charge >= 0.3 is 0 Å². The topological polar surface area (TPSA) is 52.0 Å². The SMILES string of the molecule is N[C@@H]1C[C@@H]1c1ccc(F)c(F)c1.N[C@H]1C[C@H]1c1ccc(F)c(F)c1. The number of halogens is 4. The number of benzene rings is 2. The second-order valence-electron chi connectivity index (χ2n) is 6.36. The molecule has 2 saturated carbocycles. The molecule has 0 unspecified atom stereocenters. The summed E-state index contributed by atoms with van der Waals surface area (Å²) in [6, 6.07) is 8.21. The average molecular weight is 338 g/mol. The van der Waals surface area contributed by atoms with Crippen LogP contribution >= 0.6 is 0 Å². The molecule has 128 valence electrons. The van der Waals surface area contributed by atoms with Gasteiger partial charge in [0.2, 0.25) is 0 Å². The smallest absolute Gasteiger partial charge is 0.159 e. The first-order chi connectivity index (χ1) is 11.4. The summed E-state index contributed by atoms with van der Waals surface area (Å²) in [5.41, 5.74) is 12.8. The summed E-state index contributed by atoms with van der Waals surface area (Å²) in [4.78, 5) is 0. The maximum atomic E-state index is 12.7. The molecule has 0 bridgehead atoms. The lowest BCUT2D eigenvalue weighted by atomic mass is 10.1. The Hall–Kier alpha value is -1.92. The molecule has 0 aromatic heterocycles. The van der Waals surface area contributed by atoms with Crippen LogP contribution in [0.5, 0.6) is 0 Å². The summed E-state index contributed by atoms with van der Waals surface area (Å²) < 4.78 is 50.3. The van der Waals surface area contributed by atoms with Crippen LogP contribution in [-0.4, -0.2) is 12.1 Å². The zero-order valence-corrected chi connectivity index (χ0v) is 12.9. The van der Waals surface area contributed by atoms with Gasteiger partial charge in [-0.2, -0.15) is 0 Å². The number of rotatable bonds is 2. The monoisotopic (exact) mass is 338 g/mol. The molecule has 0 amide bonds. The molecular formula is C18H18F4N2. The van der Waals surface area contributed by atoms with Gasteiger partial charge < -0.3 is 11.5 Å². The van der Waals surface area contributed by atoms with E-state index in [4.69, 9.17) is 11.5 Å². The summed E-state index contributed by atoms with van der Waals surface area (Å²) in [5, 5.41) is 0. The zero-order valence-electron chi connectivity index (χ0n) is 12.9. The van der Waals surface area contributed by atoms with E-state index >= 15 is 0 Å².